The predicted octanol–water partition coefficient (Wildman–Crippen LogP) is 3.26. The van der Waals surface area contributed by atoms with E-state index < -0.39 is 0 Å². The van der Waals surface area contributed by atoms with Crippen LogP contribution in [-0.4, -0.2) is 37.3 Å². The molecule has 4 rings (SSSR count). The Labute approximate surface area is 158 Å². The van der Waals surface area contributed by atoms with Gasteiger partial charge in [0, 0.05) is 35.5 Å². The Bertz CT molecular complexity index is 928. The Hall–Kier alpha value is -2.74. The van der Waals surface area contributed by atoms with E-state index in [-0.39, 0.29) is 12.7 Å². The molecule has 1 aromatic carbocycles. The zero-order valence-corrected chi connectivity index (χ0v) is 15.5. The van der Waals surface area contributed by atoms with Crippen LogP contribution in [0.25, 0.3) is 11.4 Å². The number of pyridine rings is 1. The van der Waals surface area contributed by atoms with Crippen LogP contribution < -0.4 is 0 Å². The Balaban J connectivity index is 1.44. The first kappa shape index (κ1) is 16.7. The van der Waals surface area contributed by atoms with Crippen LogP contribution in [0, 0.1) is 0 Å². The van der Waals surface area contributed by atoms with Crippen molar-refractivity contribution >= 4 is 22.0 Å². The van der Waals surface area contributed by atoms with Crippen LogP contribution >= 0.6 is 15.9 Å². The summed E-state index contributed by atoms with van der Waals surface area (Å²) in [6.45, 7) is 1.80. The quantitative estimate of drug-likeness (QED) is 0.658. The Morgan fingerprint density at radius 1 is 1.15 bits per heavy atom. The van der Waals surface area contributed by atoms with E-state index in [0.717, 1.165) is 27.2 Å². The summed E-state index contributed by atoms with van der Waals surface area (Å²) in [6, 6.07) is 11.6. The van der Waals surface area contributed by atoms with Crippen molar-refractivity contribution in [2.24, 2.45) is 0 Å². The second-order valence-electron chi connectivity index (χ2n) is 5.95. The maximum absolute atomic E-state index is 12.3. The van der Waals surface area contributed by atoms with E-state index in [1.54, 1.807) is 17.3 Å². The molecule has 132 valence electrons. The van der Waals surface area contributed by atoms with Gasteiger partial charge in [-0.3, -0.25) is 9.88 Å². The molecule has 1 aliphatic heterocycles. The largest absolute Gasteiger partial charge is 0.445 e. The first-order chi connectivity index (χ1) is 12.7. The summed E-state index contributed by atoms with van der Waals surface area (Å²) in [5.74, 6) is 1.49. The van der Waals surface area contributed by atoms with Gasteiger partial charge in [-0.15, -0.1) is 10.2 Å². The van der Waals surface area contributed by atoms with Gasteiger partial charge in [0.15, 0.2) is 11.6 Å². The number of carbonyl (C=O) groups excluding carboxylic acids is 1. The molecule has 1 aliphatic rings. The van der Waals surface area contributed by atoms with Crippen molar-refractivity contribution in [3.8, 4) is 11.4 Å². The minimum absolute atomic E-state index is 0.262. The number of carbonyl (C=O) groups is 1. The van der Waals surface area contributed by atoms with Gasteiger partial charge in [0.2, 0.25) is 0 Å². The van der Waals surface area contributed by atoms with Gasteiger partial charge in [-0.2, -0.15) is 0 Å². The molecule has 2 aromatic heterocycles. The maximum Gasteiger partial charge on any atom is 0.410 e. The summed E-state index contributed by atoms with van der Waals surface area (Å²) in [4.78, 5) is 18.2. The van der Waals surface area contributed by atoms with Crippen LogP contribution in [0.4, 0.5) is 4.79 Å². The first-order valence-electron chi connectivity index (χ1n) is 8.19. The predicted molar refractivity (Wildman–Crippen MR) is 98.0 cm³/mol. The molecular weight excluding hydrogens is 398 g/mol. The first-order valence-corrected chi connectivity index (χ1v) is 8.98. The Kier molecular flexibility index (Phi) is 4.66. The zero-order valence-electron chi connectivity index (χ0n) is 13.9. The minimum atomic E-state index is -0.339. The standard InChI is InChI=1S/C18H16BrN5O2/c19-15-8-14(9-20-10-15)17-22-21-16-11-23(6-7-24(16)17)18(25)26-12-13-4-2-1-3-5-13/h1-5,8-10H,6-7,11-12H2. The van der Waals surface area contributed by atoms with Gasteiger partial charge in [0.25, 0.3) is 0 Å². The lowest BCUT2D eigenvalue weighted by Crippen LogP contribution is -2.38. The molecule has 3 heterocycles. The van der Waals surface area contributed by atoms with E-state index in [4.69, 9.17) is 4.74 Å². The van der Waals surface area contributed by atoms with E-state index >= 15 is 0 Å². The molecule has 0 spiro atoms. The minimum Gasteiger partial charge on any atom is -0.445 e. The lowest BCUT2D eigenvalue weighted by atomic mass is 10.2. The number of amides is 1. The van der Waals surface area contributed by atoms with Crippen molar-refractivity contribution in [3.63, 3.8) is 0 Å². The van der Waals surface area contributed by atoms with Crippen LogP contribution in [0.15, 0.2) is 53.3 Å². The van der Waals surface area contributed by atoms with Crippen molar-refractivity contribution < 1.29 is 9.53 Å². The molecule has 26 heavy (non-hydrogen) atoms. The smallest absolute Gasteiger partial charge is 0.410 e. The number of benzene rings is 1. The number of fused-ring (bicyclic) bond motifs is 1. The molecule has 0 saturated heterocycles. The van der Waals surface area contributed by atoms with Crippen LogP contribution in [0.2, 0.25) is 0 Å². The van der Waals surface area contributed by atoms with Gasteiger partial charge in [-0.05, 0) is 27.6 Å². The number of aromatic nitrogens is 4. The highest BCUT2D eigenvalue weighted by molar-refractivity contribution is 9.10. The van der Waals surface area contributed by atoms with E-state index in [0.29, 0.717) is 19.6 Å². The highest BCUT2D eigenvalue weighted by atomic mass is 79.9. The number of rotatable bonds is 3. The topological polar surface area (TPSA) is 73.1 Å². The van der Waals surface area contributed by atoms with Crippen molar-refractivity contribution in [2.45, 2.75) is 19.7 Å². The molecular formula is C18H16BrN5O2. The van der Waals surface area contributed by atoms with Crippen LogP contribution in [0.1, 0.15) is 11.4 Å². The molecule has 8 heteroatoms. The number of ether oxygens (including phenoxy) is 1. The van der Waals surface area contributed by atoms with Crippen molar-refractivity contribution in [3.05, 3.63) is 64.7 Å². The van der Waals surface area contributed by atoms with Gasteiger partial charge in [0.05, 0.1) is 6.54 Å². The lowest BCUT2D eigenvalue weighted by molar-refractivity contribution is 0.0862. The van der Waals surface area contributed by atoms with E-state index in [2.05, 4.69) is 31.1 Å². The summed E-state index contributed by atoms with van der Waals surface area (Å²) >= 11 is 3.42. The van der Waals surface area contributed by atoms with Gasteiger partial charge in [0.1, 0.15) is 6.61 Å². The number of nitrogens with zero attached hydrogens (tertiary/aromatic N) is 5. The lowest BCUT2D eigenvalue weighted by Gasteiger charge is -2.27. The van der Waals surface area contributed by atoms with Gasteiger partial charge in [-0.25, -0.2) is 4.79 Å². The monoisotopic (exact) mass is 413 g/mol. The molecule has 0 fully saturated rings. The van der Waals surface area contributed by atoms with E-state index in [9.17, 15) is 4.79 Å². The van der Waals surface area contributed by atoms with E-state index in [1.165, 1.54) is 0 Å². The number of halogens is 1. The highest BCUT2D eigenvalue weighted by Crippen LogP contribution is 2.23. The molecule has 0 atom stereocenters. The fourth-order valence-electron chi connectivity index (χ4n) is 2.87. The molecule has 1 amide bonds. The molecule has 0 radical (unpaired) electrons. The van der Waals surface area contributed by atoms with Crippen LogP contribution in [-0.2, 0) is 24.4 Å². The fraction of sp³-hybridized carbons (Fsp3) is 0.222. The highest BCUT2D eigenvalue weighted by Gasteiger charge is 2.26. The zero-order chi connectivity index (χ0) is 17.9. The number of hydrogen-bond donors (Lipinski definition) is 0. The Morgan fingerprint density at radius 3 is 2.81 bits per heavy atom. The molecule has 3 aromatic rings. The van der Waals surface area contributed by atoms with Crippen molar-refractivity contribution in [1.29, 1.82) is 0 Å². The molecule has 0 bridgehead atoms. The summed E-state index contributed by atoms with van der Waals surface area (Å²) in [5, 5.41) is 8.50. The average molecular weight is 414 g/mol. The second kappa shape index (κ2) is 7.25. The van der Waals surface area contributed by atoms with Crippen LogP contribution in [0.3, 0.4) is 0 Å². The third-order valence-corrected chi connectivity index (χ3v) is 4.61. The SMILES string of the molecule is O=C(OCc1ccccc1)N1CCn2c(nnc2-c2cncc(Br)c2)C1. The summed E-state index contributed by atoms with van der Waals surface area (Å²) in [7, 11) is 0. The molecule has 7 nitrogen and oxygen atoms in total. The Morgan fingerprint density at radius 2 is 2.00 bits per heavy atom. The van der Waals surface area contributed by atoms with Gasteiger partial charge >= 0.3 is 6.09 Å². The third-order valence-electron chi connectivity index (χ3n) is 4.18. The average Bonchev–Trinajstić information content (AvgIpc) is 3.10. The second-order valence-corrected chi connectivity index (χ2v) is 6.86. The number of hydrogen-bond acceptors (Lipinski definition) is 5. The van der Waals surface area contributed by atoms with Crippen molar-refractivity contribution in [2.75, 3.05) is 6.54 Å². The van der Waals surface area contributed by atoms with Crippen molar-refractivity contribution in [1.82, 2.24) is 24.6 Å². The van der Waals surface area contributed by atoms with Gasteiger partial charge in [-0.1, -0.05) is 30.3 Å². The third kappa shape index (κ3) is 3.45. The molecule has 0 N–H and O–H groups in total. The summed E-state index contributed by atoms with van der Waals surface area (Å²) < 4.78 is 8.30. The molecule has 0 aliphatic carbocycles. The fourth-order valence-corrected chi connectivity index (χ4v) is 3.24. The normalized spacial score (nSPS) is 13.3. The molecule has 0 saturated carbocycles. The van der Waals surface area contributed by atoms with E-state index in [1.807, 2.05) is 41.0 Å². The molecule has 0 unspecified atom stereocenters. The summed E-state index contributed by atoms with van der Waals surface area (Å²) in [6.07, 6.45) is 3.14. The van der Waals surface area contributed by atoms with Crippen LogP contribution in [0.5, 0.6) is 0 Å². The van der Waals surface area contributed by atoms with Gasteiger partial charge < -0.3 is 9.30 Å². The summed E-state index contributed by atoms with van der Waals surface area (Å²) in [5.41, 5.74) is 1.85. The maximum atomic E-state index is 12.3.